The molecule has 0 atom stereocenters. The first-order valence-electron chi connectivity index (χ1n) is 5.17. The number of rotatable bonds is 2. The smallest absolute Gasteiger partial charge is 0.255 e. The molecule has 2 rings (SSSR count). The van der Waals surface area contributed by atoms with Crippen LogP contribution in [0.15, 0.2) is 18.5 Å². The molecule has 2 heterocycles. The topological polar surface area (TPSA) is 42.4 Å². The zero-order valence-corrected chi connectivity index (χ0v) is 10.00. The summed E-state index contributed by atoms with van der Waals surface area (Å²) in [5.74, 6) is 2.70. The predicted octanol–water partition coefficient (Wildman–Crippen LogP) is 1.28. The Bertz CT molecular complexity index is 378. The zero-order chi connectivity index (χ0) is 11.4. The number of amides is 1. The summed E-state index contributed by atoms with van der Waals surface area (Å²) in [7, 11) is 1.57. The van der Waals surface area contributed by atoms with Crippen molar-refractivity contribution in [2.24, 2.45) is 0 Å². The maximum atomic E-state index is 12.1. The molecule has 1 saturated heterocycles. The van der Waals surface area contributed by atoms with Gasteiger partial charge < -0.3 is 9.64 Å². The first-order chi connectivity index (χ1) is 7.81. The van der Waals surface area contributed by atoms with Gasteiger partial charge in [-0.25, -0.2) is 0 Å². The summed E-state index contributed by atoms with van der Waals surface area (Å²) in [5.41, 5.74) is 0.603. The Labute approximate surface area is 99.0 Å². The van der Waals surface area contributed by atoms with E-state index in [9.17, 15) is 4.79 Å². The molecule has 0 spiro atoms. The van der Waals surface area contributed by atoms with Crippen LogP contribution in [0.25, 0.3) is 0 Å². The van der Waals surface area contributed by atoms with Crippen LogP contribution in [0.4, 0.5) is 0 Å². The summed E-state index contributed by atoms with van der Waals surface area (Å²) in [4.78, 5) is 18.0. The normalized spacial score (nSPS) is 15.9. The standard InChI is InChI=1S/C11H14N2O2S/c1-15-10-6-9(7-12-8-10)11(14)13-2-4-16-5-3-13/h6-8H,2-5H2,1H3. The molecule has 0 bridgehead atoms. The van der Waals surface area contributed by atoms with E-state index in [0.717, 1.165) is 24.6 Å². The van der Waals surface area contributed by atoms with Crippen molar-refractivity contribution >= 4 is 17.7 Å². The number of thioether (sulfide) groups is 1. The lowest BCUT2D eigenvalue weighted by molar-refractivity contribution is 0.0771. The molecule has 1 aliphatic rings. The Hall–Kier alpha value is -1.23. The van der Waals surface area contributed by atoms with E-state index in [0.29, 0.717) is 11.3 Å². The van der Waals surface area contributed by atoms with Crippen LogP contribution in [-0.4, -0.2) is 47.5 Å². The van der Waals surface area contributed by atoms with Gasteiger partial charge >= 0.3 is 0 Å². The van der Waals surface area contributed by atoms with Crippen LogP contribution in [0, 0.1) is 0 Å². The van der Waals surface area contributed by atoms with Gasteiger partial charge in [0.15, 0.2) is 0 Å². The van der Waals surface area contributed by atoms with Crippen molar-refractivity contribution in [2.45, 2.75) is 0 Å². The highest BCUT2D eigenvalue weighted by Crippen LogP contribution is 2.15. The molecular formula is C11H14N2O2S. The van der Waals surface area contributed by atoms with Crippen molar-refractivity contribution in [3.63, 3.8) is 0 Å². The van der Waals surface area contributed by atoms with Crippen LogP contribution < -0.4 is 4.74 Å². The Morgan fingerprint density at radius 2 is 2.19 bits per heavy atom. The minimum Gasteiger partial charge on any atom is -0.495 e. The van der Waals surface area contributed by atoms with E-state index < -0.39 is 0 Å². The van der Waals surface area contributed by atoms with Gasteiger partial charge in [0, 0.05) is 30.8 Å². The van der Waals surface area contributed by atoms with E-state index >= 15 is 0 Å². The number of hydrogen-bond acceptors (Lipinski definition) is 4. The lowest BCUT2D eigenvalue weighted by Gasteiger charge is -2.26. The van der Waals surface area contributed by atoms with Gasteiger partial charge in [0.1, 0.15) is 5.75 Å². The van der Waals surface area contributed by atoms with Gasteiger partial charge in [0.2, 0.25) is 0 Å². The van der Waals surface area contributed by atoms with Crippen molar-refractivity contribution in [3.05, 3.63) is 24.0 Å². The van der Waals surface area contributed by atoms with Gasteiger partial charge in [-0.15, -0.1) is 0 Å². The molecule has 1 aromatic rings. The molecule has 0 radical (unpaired) electrons. The van der Waals surface area contributed by atoms with Crippen LogP contribution in [0.2, 0.25) is 0 Å². The number of pyridine rings is 1. The highest BCUT2D eigenvalue weighted by Gasteiger charge is 2.18. The SMILES string of the molecule is COc1cncc(C(=O)N2CCSCC2)c1. The van der Waals surface area contributed by atoms with Gasteiger partial charge in [0.25, 0.3) is 5.91 Å². The van der Waals surface area contributed by atoms with E-state index in [-0.39, 0.29) is 5.91 Å². The zero-order valence-electron chi connectivity index (χ0n) is 9.18. The number of ether oxygens (including phenoxy) is 1. The number of carbonyl (C=O) groups is 1. The molecule has 1 fully saturated rings. The average molecular weight is 238 g/mol. The second kappa shape index (κ2) is 5.21. The molecule has 1 aromatic heterocycles. The van der Waals surface area contributed by atoms with E-state index in [4.69, 9.17) is 4.74 Å². The molecule has 0 saturated carbocycles. The second-order valence-corrected chi connectivity index (χ2v) is 4.74. The van der Waals surface area contributed by atoms with Crippen molar-refractivity contribution < 1.29 is 9.53 Å². The Morgan fingerprint density at radius 3 is 2.88 bits per heavy atom. The second-order valence-electron chi connectivity index (χ2n) is 3.52. The van der Waals surface area contributed by atoms with Crippen molar-refractivity contribution in [1.29, 1.82) is 0 Å². The number of methoxy groups -OCH3 is 1. The predicted molar refractivity (Wildman–Crippen MR) is 64.0 cm³/mol. The summed E-state index contributed by atoms with van der Waals surface area (Å²) < 4.78 is 5.05. The molecule has 16 heavy (non-hydrogen) atoms. The van der Waals surface area contributed by atoms with E-state index in [2.05, 4.69) is 4.98 Å². The number of nitrogens with zero attached hydrogens (tertiary/aromatic N) is 2. The minimum atomic E-state index is 0.0479. The molecule has 0 N–H and O–H groups in total. The molecule has 0 unspecified atom stereocenters. The lowest BCUT2D eigenvalue weighted by atomic mass is 10.2. The summed E-state index contributed by atoms with van der Waals surface area (Å²) in [5, 5.41) is 0. The maximum Gasteiger partial charge on any atom is 0.255 e. The van der Waals surface area contributed by atoms with Gasteiger partial charge in [0.05, 0.1) is 18.9 Å². The fraction of sp³-hybridized carbons (Fsp3) is 0.455. The van der Waals surface area contributed by atoms with Crippen molar-refractivity contribution in [2.75, 3.05) is 31.7 Å². The van der Waals surface area contributed by atoms with E-state index in [1.54, 1.807) is 25.6 Å². The highest BCUT2D eigenvalue weighted by molar-refractivity contribution is 7.99. The Morgan fingerprint density at radius 1 is 1.44 bits per heavy atom. The van der Waals surface area contributed by atoms with Crippen LogP contribution in [0.5, 0.6) is 5.75 Å². The van der Waals surface area contributed by atoms with Crippen LogP contribution >= 0.6 is 11.8 Å². The molecule has 0 aliphatic carbocycles. The van der Waals surface area contributed by atoms with Crippen molar-refractivity contribution in [3.8, 4) is 5.75 Å². The number of aromatic nitrogens is 1. The van der Waals surface area contributed by atoms with Crippen LogP contribution in [0.1, 0.15) is 10.4 Å². The minimum absolute atomic E-state index is 0.0479. The van der Waals surface area contributed by atoms with Crippen LogP contribution in [-0.2, 0) is 0 Å². The molecule has 4 nitrogen and oxygen atoms in total. The first-order valence-corrected chi connectivity index (χ1v) is 6.33. The molecule has 5 heteroatoms. The Kier molecular flexibility index (Phi) is 3.66. The van der Waals surface area contributed by atoms with Gasteiger partial charge in [-0.2, -0.15) is 11.8 Å². The summed E-state index contributed by atoms with van der Waals surface area (Å²) >= 11 is 1.88. The number of carbonyl (C=O) groups excluding carboxylic acids is 1. The summed E-state index contributed by atoms with van der Waals surface area (Å²) in [6, 6.07) is 1.73. The maximum absolute atomic E-state index is 12.1. The Balaban J connectivity index is 2.12. The molecule has 1 aliphatic heterocycles. The van der Waals surface area contributed by atoms with Crippen molar-refractivity contribution in [1.82, 2.24) is 9.88 Å². The quantitative estimate of drug-likeness (QED) is 0.778. The van der Waals surface area contributed by atoms with Gasteiger partial charge in [-0.1, -0.05) is 0 Å². The third kappa shape index (κ3) is 2.47. The third-order valence-corrected chi connectivity index (χ3v) is 3.44. The van der Waals surface area contributed by atoms with Gasteiger partial charge in [-0.3, -0.25) is 9.78 Å². The third-order valence-electron chi connectivity index (χ3n) is 2.49. The molecular weight excluding hydrogens is 224 g/mol. The fourth-order valence-corrected chi connectivity index (χ4v) is 2.50. The molecule has 1 amide bonds. The van der Waals surface area contributed by atoms with Crippen LogP contribution in [0.3, 0.4) is 0 Å². The molecule has 0 aromatic carbocycles. The summed E-state index contributed by atoms with van der Waals surface area (Å²) in [6.07, 6.45) is 3.19. The fourth-order valence-electron chi connectivity index (χ4n) is 1.60. The average Bonchev–Trinajstić information content (AvgIpc) is 2.39. The van der Waals surface area contributed by atoms with Gasteiger partial charge in [-0.05, 0) is 6.07 Å². The van der Waals surface area contributed by atoms with E-state index in [1.807, 2.05) is 16.7 Å². The monoisotopic (exact) mass is 238 g/mol. The lowest BCUT2D eigenvalue weighted by Crippen LogP contribution is -2.37. The molecule has 86 valence electrons. The first kappa shape index (κ1) is 11.3. The highest BCUT2D eigenvalue weighted by atomic mass is 32.2. The summed E-state index contributed by atoms with van der Waals surface area (Å²) in [6.45, 7) is 1.64. The van der Waals surface area contributed by atoms with E-state index in [1.165, 1.54) is 0 Å². The largest absolute Gasteiger partial charge is 0.495 e. The number of hydrogen-bond donors (Lipinski definition) is 0.